The van der Waals surface area contributed by atoms with E-state index in [-0.39, 0.29) is 18.1 Å². The number of aromatic nitrogens is 5. The highest BCUT2D eigenvalue weighted by Crippen LogP contribution is 2.28. The molecule has 0 aliphatic carbocycles. The van der Waals surface area contributed by atoms with Crippen LogP contribution in [0.25, 0.3) is 11.6 Å². The molecule has 13 heteroatoms. The minimum absolute atomic E-state index is 0.00540. The molecule has 0 aliphatic heterocycles. The smallest absolute Gasteiger partial charge is 0.444 e. The summed E-state index contributed by atoms with van der Waals surface area (Å²) >= 11 is 0. The van der Waals surface area contributed by atoms with E-state index in [1.165, 1.54) is 12.4 Å². The van der Waals surface area contributed by atoms with Crippen molar-refractivity contribution in [3.8, 4) is 11.6 Å². The lowest BCUT2D eigenvalue weighted by atomic mass is 10.3. The molecule has 29 heavy (non-hydrogen) atoms. The van der Waals surface area contributed by atoms with Gasteiger partial charge in [0.25, 0.3) is 0 Å². The highest BCUT2D eigenvalue weighted by molar-refractivity contribution is 5.84. The van der Waals surface area contributed by atoms with Gasteiger partial charge in [-0.2, -0.15) is 18.2 Å². The van der Waals surface area contributed by atoms with Gasteiger partial charge in [-0.1, -0.05) is 11.2 Å². The van der Waals surface area contributed by atoms with Gasteiger partial charge in [0.15, 0.2) is 0 Å². The number of alkyl halides is 3. The van der Waals surface area contributed by atoms with E-state index in [2.05, 4.69) is 34.9 Å². The van der Waals surface area contributed by atoms with E-state index >= 15 is 0 Å². The van der Waals surface area contributed by atoms with Crippen molar-refractivity contribution >= 4 is 17.6 Å². The number of ether oxygens (including phenoxy) is 1. The van der Waals surface area contributed by atoms with E-state index in [0.717, 1.165) is 5.82 Å². The van der Waals surface area contributed by atoms with Crippen LogP contribution < -0.4 is 10.2 Å². The van der Waals surface area contributed by atoms with Crippen LogP contribution in [0.2, 0.25) is 0 Å². The summed E-state index contributed by atoms with van der Waals surface area (Å²) < 4.78 is 46.6. The molecule has 0 bridgehead atoms. The van der Waals surface area contributed by atoms with Gasteiger partial charge in [0.2, 0.25) is 11.6 Å². The van der Waals surface area contributed by atoms with Gasteiger partial charge in [-0.3, -0.25) is 5.32 Å². The number of pyridine rings is 1. The zero-order valence-electron chi connectivity index (χ0n) is 15.1. The van der Waals surface area contributed by atoms with Crippen molar-refractivity contribution in [1.82, 2.24) is 25.1 Å². The number of carbonyl (C=O) groups excluding carboxylic acids is 1. The second-order valence-corrected chi connectivity index (χ2v) is 5.84. The van der Waals surface area contributed by atoms with Crippen LogP contribution in [0.1, 0.15) is 11.5 Å². The highest BCUT2D eigenvalue weighted by Gasteiger charge is 2.38. The van der Waals surface area contributed by atoms with Gasteiger partial charge >= 0.3 is 18.2 Å². The minimum Gasteiger partial charge on any atom is -0.444 e. The standard InChI is InChI=1S/C16H14F3N7O3/c1-26(2)11-4-3-9(5-20-11)8-28-15(27)23-10-6-21-12(22-7-10)13-24-14(29-25-13)16(17,18)19/h3-7H,8H2,1-2H3,(H,23,27). The first kappa shape index (κ1) is 20.0. The Hall–Kier alpha value is -3.77. The lowest BCUT2D eigenvalue weighted by molar-refractivity contribution is -0.159. The number of hydrogen-bond donors (Lipinski definition) is 1. The lowest BCUT2D eigenvalue weighted by Gasteiger charge is -2.11. The SMILES string of the molecule is CN(C)c1ccc(COC(=O)Nc2cnc(-c3noc(C(F)(F)F)n3)nc2)cn1. The molecular weight excluding hydrogens is 395 g/mol. The average molecular weight is 409 g/mol. The van der Waals surface area contributed by atoms with Crippen LogP contribution in [0.4, 0.5) is 29.5 Å². The molecule has 152 valence electrons. The number of amides is 1. The first-order valence-corrected chi connectivity index (χ1v) is 8.02. The number of carbonyl (C=O) groups is 1. The van der Waals surface area contributed by atoms with Crippen LogP contribution >= 0.6 is 0 Å². The summed E-state index contributed by atoms with van der Waals surface area (Å²) in [6.07, 6.45) is -1.61. The molecule has 0 unspecified atom stereocenters. The van der Waals surface area contributed by atoms with E-state index in [1.54, 1.807) is 18.3 Å². The first-order chi connectivity index (χ1) is 13.7. The zero-order chi connectivity index (χ0) is 21.0. The van der Waals surface area contributed by atoms with Crippen molar-refractivity contribution in [2.75, 3.05) is 24.3 Å². The summed E-state index contributed by atoms with van der Waals surface area (Å²) in [7, 11) is 3.71. The van der Waals surface area contributed by atoms with Gasteiger partial charge in [-0.25, -0.2) is 19.7 Å². The predicted molar refractivity (Wildman–Crippen MR) is 92.7 cm³/mol. The van der Waals surface area contributed by atoms with Crippen molar-refractivity contribution in [2.45, 2.75) is 12.8 Å². The number of anilines is 2. The van der Waals surface area contributed by atoms with E-state index in [1.807, 2.05) is 19.0 Å². The van der Waals surface area contributed by atoms with Gasteiger partial charge in [-0.05, 0) is 6.07 Å². The van der Waals surface area contributed by atoms with Gasteiger partial charge < -0.3 is 14.2 Å². The van der Waals surface area contributed by atoms with E-state index in [9.17, 15) is 18.0 Å². The molecule has 3 rings (SSSR count). The molecule has 10 nitrogen and oxygen atoms in total. The molecule has 0 fully saturated rings. The molecule has 0 aromatic carbocycles. The molecule has 1 N–H and O–H groups in total. The monoisotopic (exact) mass is 409 g/mol. The van der Waals surface area contributed by atoms with Gasteiger partial charge in [-0.15, -0.1) is 0 Å². The molecule has 0 atom stereocenters. The maximum absolute atomic E-state index is 12.5. The van der Waals surface area contributed by atoms with Crippen molar-refractivity contribution in [3.05, 3.63) is 42.2 Å². The quantitative estimate of drug-likeness (QED) is 0.678. The summed E-state index contributed by atoms with van der Waals surface area (Å²) in [4.78, 5) is 28.6. The predicted octanol–water partition coefficient (Wildman–Crippen LogP) is 2.76. The lowest BCUT2D eigenvalue weighted by Crippen LogP contribution is -2.14. The molecule has 0 spiro atoms. The van der Waals surface area contributed by atoms with Gasteiger partial charge in [0, 0.05) is 25.9 Å². The van der Waals surface area contributed by atoms with Crippen LogP contribution in [0, 0.1) is 0 Å². The van der Waals surface area contributed by atoms with Crippen LogP contribution in [0.15, 0.2) is 35.2 Å². The Morgan fingerprint density at radius 1 is 1.14 bits per heavy atom. The van der Waals surface area contributed by atoms with E-state index in [0.29, 0.717) is 5.56 Å². The second kappa shape index (κ2) is 8.08. The molecular formula is C16H14F3N7O3. The third-order valence-corrected chi connectivity index (χ3v) is 3.40. The molecule has 0 aliphatic rings. The first-order valence-electron chi connectivity index (χ1n) is 8.02. The van der Waals surface area contributed by atoms with E-state index < -0.39 is 24.0 Å². The summed E-state index contributed by atoms with van der Waals surface area (Å²) in [6, 6.07) is 3.55. The Balaban J connectivity index is 1.55. The summed E-state index contributed by atoms with van der Waals surface area (Å²) in [5, 5.41) is 5.56. The number of hydrogen-bond acceptors (Lipinski definition) is 9. The third-order valence-electron chi connectivity index (χ3n) is 3.40. The Bertz CT molecular complexity index is 973. The maximum atomic E-state index is 12.5. The summed E-state index contributed by atoms with van der Waals surface area (Å²) in [5.74, 6) is -1.37. The largest absolute Gasteiger partial charge is 0.471 e. The average Bonchev–Trinajstić information content (AvgIpc) is 3.18. The second-order valence-electron chi connectivity index (χ2n) is 5.84. The molecule has 3 aromatic heterocycles. The fourth-order valence-corrected chi connectivity index (χ4v) is 2.01. The third kappa shape index (κ3) is 5.15. The summed E-state index contributed by atoms with van der Waals surface area (Å²) in [6.45, 7) is -0.00540. The fraction of sp³-hybridized carbons (Fsp3) is 0.250. The van der Waals surface area contributed by atoms with Crippen LogP contribution in [0.5, 0.6) is 0 Å². The number of nitrogens with zero attached hydrogens (tertiary/aromatic N) is 6. The van der Waals surface area contributed by atoms with Crippen molar-refractivity contribution in [1.29, 1.82) is 0 Å². The fourth-order valence-electron chi connectivity index (χ4n) is 2.01. The normalized spacial score (nSPS) is 11.2. The molecule has 1 amide bonds. The van der Waals surface area contributed by atoms with Crippen molar-refractivity contribution in [3.63, 3.8) is 0 Å². The number of halogens is 3. The number of nitrogens with one attached hydrogen (secondary N) is 1. The Kier molecular flexibility index (Phi) is 5.57. The molecule has 3 aromatic rings. The van der Waals surface area contributed by atoms with Crippen LogP contribution in [-0.2, 0) is 17.5 Å². The van der Waals surface area contributed by atoms with Crippen LogP contribution in [-0.4, -0.2) is 45.3 Å². The minimum atomic E-state index is -4.77. The molecule has 0 saturated heterocycles. The number of rotatable bonds is 5. The van der Waals surface area contributed by atoms with Gasteiger partial charge in [0.1, 0.15) is 12.4 Å². The Labute approximate surface area is 161 Å². The van der Waals surface area contributed by atoms with Gasteiger partial charge in [0.05, 0.1) is 18.1 Å². The maximum Gasteiger partial charge on any atom is 0.471 e. The topological polar surface area (TPSA) is 119 Å². The van der Waals surface area contributed by atoms with Crippen LogP contribution in [0.3, 0.4) is 0 Å². The van der Waals surface area contributed by atoms with E-state index in [4.69, 9.17) is 4.74 Å². The molecule has 0 saturated carbocycles. The molecule has 3 heterocycles. The Morgan fingerprint density at radius 3 is 2.41 bits per heavy atom. The Morgan fingerprint density at radius 2 is 1.86 bits per heavy atom. The summed E-state index contributed by atoms with van der Waals surface area (Å²) in [5.41, 5.74) is 0.856. The zero-order valence-corrected chi connectivity index (χ0v) is 15.1. The van der Waals surface area contributed by atoms with Crippen molar-refractivity contribution < 1.29 is 27.2 Å². The highest BCUT2D eigenvalue weighted by atomic mass is 19.4. The van der Waals surface area contributed by atoms with Crippen molar-refractivity contribution in [2.24, 2.45) is 0 Å². The molecule has 0 radical (unpaired) electrons.